The Kier molecular flexibility index (Phi) is 5.62. The average molecular weight is 351 g/mol. The van der Waals surface area contributed by atoms with Gasteiger partial charge in [-0.3, -0.25) is 9.69 Å². The first kappa shape index (κ1) is 18.5. The second-order valence-electron chi connectivity index (χ2n) is 7.98. The van der Waals surface area contributed by atoms with E-state index in [0.29, 0.717) is 5.56 Å². The molecule has 1 heterocycles. The molecule has 1 amide bonds. The molecule has 0 radical (unpaired) electrons. The van der Waals surface area contributed by atoms with E-state index < -0.39 is 0 Å². The monoisotopic (exact) mass is 351 g/mol. The van der Waals surface area contributed by atoms with Crippen LogP contribution >= 0.6 is 0 Å². The number of likely N-dealkylation sites (tertiary alicyclic amines) is 1. The van der Waals surface area contributed by atoms with Crippen molar-refractivity contribution in [1.29, 1.82) is 0 Å². The Morgan fingerprint density at radius 1 is 0.962 bits per heavy atom. The van der Waals surface area contributed by atoms with E-state index in [9.17, 15) is 4.79 Å². The Bertz CT molecular complexity index is 729. The highest BCUT2D eigenvalue weighted by Gasteiger charge is 2.27. The zero-order valence-electron chi connectivity index (χ0n) is 16.0. The van der Waals surface area contributed by atoms with E-state index in [-0.39, 0.29) is 17.5 Å². The van der Waals surface area contributed by atoms with Gasteiger partial charge in [-0.25, -0.2) is 0 Å². The third kappa shape index (κ3) is 4.85. The quantitative estimate of drug-likeness (QED) is 0.857. The minimum absolute atomic E-state index is 0.0101. The van der Waals surface area contributed by atoms with Crippen LogP contribution in [0.3, 0.4) is 0 Å². The molecule has 26 heavy (non-hydrogen) atoms. The predicted octanol–water partition coefficient (Wildman–Crippen LogP) is 4.42. The standard InChI is InChI=1S/C22H29N3O/c1-22(2,3)25-14-12-19(13-15-25)24-21(26)17-8-7-11-20(16-17)23-18-9-5-4-6-10-18/h4-11,16,19,23H,12-15H2,1-3H3,(H,24,26). The van der Waals surface area contributed by atoms with Crippen molar-refractivity contribution >= 4 is 17.3 Å². The summed E-state index contributed by atoms with van der Waals surface area (Å²) in [5, 5.41) is 6.54. The molecule has 0 spiro atoms. The number of para-hydroxylation sites is 1. The molecule has 4 heteroatoms. The number of carbonyl (C=O) groups excluding carboxylic acids is 1. The summed E-state index contributed by atoms with van der Waals surface area (Å²) >= 11 is 0. The van der Waals surface area contributed by atoms with Crippen molar-refractivity contribution in [2.45, 2.75) is 45.2 Å². The normalized spacial score (nSPS) is 16.3. The van der Waals surface area contributed by atoms with Crippen molar-refractivity contribution in [2.75, 3.05) is 18.4 Å². The smallest absolute Gasteiger partial charge is 0.251 e. The fraction of sp³-hybridized carbons (Fsp3) is 0.409. The molecule has 0 bridgehead atoms. The van der Waals surface area contributed by atoms with Gasteiger partial charge in [0.15, 0.2) is 0 Å². The largest absolute Gasteiger partial charge is 0.356 e. The van der Waals surface area contributed by atoms with E-state index in [1.807, 2.05) is 54.6 Å². The number of nitrogens with zero attached hydrogens (tertiary/aromatic N) is 1. The number of hydrogen-bond acceptors (Lipinski definition) is 3. The molecule has 1 saturated heterocycles. The van der Waals surface area contributed by atoms with Crippen LogP contribution in [0.4, 0.5) is 11.4 Å². The molecule has 3 rings (SSSR count). The Morgan fingerprint density at radius 2 is 1.62 bits per heavy atom. The summed E-state index contributed by atoms with van der Waals surface area (Å²) in [5.41, 5.74) is 2.84. The summed E-state index contributed by atoms with van der Waals surface area (Å²) in [6.45, 7) is 8.81. The molecular weight excluding hydrogens is 322 g/mol. The molecule has 2 aromatic carbocycles. The van der Waals surface area contributed by atoms with Crippen molar-refractivity contribution in [3.8, 4) is 0 Å². The second-order valence-corrected chi connectivity index (χ2v) is 7.98. The summed E-state index contributed by atoms with van der Waals surface area (Å²) in [6, 6.07) is 17.9. The summed E-state index contributed by atoms with van der Waals surface area (Å²) in [4.78, 5) is 15.1. The van der Waals surface area contributed by atoms with Crippen LogP contribution in [0.15, 0.2) is 54.6 Å². The minimum Gasteiger partial charge on any atom is -0.356 e. The van der Waals surface area contributed by atoms with Crippen molar-refractivity contribution < 1.29 is 4.79 Å². The SMILES string of the molecule is CC(C)(C)N1CCC(NC(=O)c2cccc(Nc3ccccc3)c2)CC1. The molecule has 2 N–H and O–H groups in total. The van der Waals surface area contributed by atoms with Gasteiger partial charge in [0, 0.05) is 41.6 Å². The van der Waals surface area contributed by atoms with Crippen LogP contribution in [0.2, 0.25) is 0 Å². The lowest BCUT2D eigenvalue weighted by Gasteiger charge is -2.41. The third-order valence-corrected chi connectivity index (χ3v) is 4.97. The van der Waals surface area contributed by atoms with Crippen LogP contribution in [0.5, 0.6) is 0 Å². The van der Waals surface area contributed by atoms with Gasteiger partial charge in [0.25, 0.3) is 5.91 Å². The Hall–Kier alpha value is -2.33. The molecular formula is C22H29N3O. The molecule has 1 aliphatic heterocycles. The molecule has 0 unspecified atom stereocenters. The van der Waals surface area contributed by atoms with Crippen LogP contribution in [0, 0.1) is 0 Å². The van der Waals surface area contributed by atoms with Gasteiger partial charge in [-0.05, 0) is 63.9 Å². The summed E-state index contributed by atoms with van der Waals surface area (Å²) in [6.07, 6.45) is 2.01. The number of carbonyl (C=O) groups is 1. The number of piperidine rings is 1. The van der Waals surface area contributed by atoms with E-state index in [0.717, 1.165) is 37.3 Å². The number of nitrogens with one attached hydrogen (secondary N) is 2. The van der Waals surface area contributed by atoms with Gasteiger partial charge in [0.1, 0.15) is 0 Å². The molecule has 1 aliphatic rings. The van der Waals surface area contributed by atoms with Crippen LogP contribution < -0.4 is 10.6 Å². The van der Waals surface area contributed by atoms with Crippen LogP contribution in [0.25, 0.3) is 0 Å². The van der Waals surface area contributed by atoms with Gasteiger partial charge < -0.3 is 10.6 Å². The van der Waals surface area contributed by atoms with E-state index in [2.05, 4.69) is 36.3 Å². The Labute approximate surface area is 156 Å². The first-order valence-electron chi connectivity index (χ1n) is 9.40. The summed E-state index contributed by atoms with van der Waals surface area (Å²) in [5.74, 6) is 0.0101. The lowest BCUT2D eigenvalue weighted by atomic mass is 9.98. The van der Waals surface area contributed by atoms with Gasteiger partial charge >= 0.3 is 0 Å². The Balaban J connectivity index is 1.58. The third-order valence-electron chi connectivity index (χ3n) is 4.97. The lowest BCUT2D eigenvalue weighted by molar-refractivity contribution is 0.0812. The van der Waals surface area contributed by atoms with Crippen molar-refractivity contribution in [1.82, 2.24) is 10.2 Å². The maximum Gasteiger partial charge on any atom is 0.251 e. The van der Waals surface area contributed by atoms with Crippen molar-refractivity contribution in [2.24, 2.45) is 0 Å². The topological polar surface area (TPSA) is 44.4 Å². The predicted molar refractivity (Wildman–Crippen MR) is 108 cm³/mol. The fourth-order valence-electron chi connectivity index (χ4n) is 3.39. The molecule has 4 nitrogen and oxygen atoms in total. The first-order chi connectivity index (χ1) is 12.4. The van der Waals surface area contributed by atoms with E-state index >= 15 is 0 Å². The zero-order valence-corrected chi connectivity index (χ0v) is 16.0. The summed E-state index contributed by atoms with van der Waals surface area (Å²) < 4.78 is 0. The number of rotatable bonds is 4. The molecule has 138 valence electrons. The van der Waals surface area contributed by atoms with Gasteiger partial charge in [0.2, 0.25) is 0 Å². The highest BCUT2D eigenvalue weighted by molar-refractivity contribution is 5.95. The van der Waals surface area contributed by atoms with Gasteiger partial charge in [-0.1, -0.05) is 24.3 Å². The fourth-order valence-corrected chi connectivity index (χ4v) is 3.39. The average Bonchev–Trinajstić information content (AvgIpc) is 2.62. The molecule has 0 saturated carbocycles. The van der Waals surface area contributed by atoms with E-state index in [1.54, 1.807) is 0 Å². The molecule has 0 aromatic heterocycles. The first-order valence-corrected chi connectivity index (χ1v) is 9.40. The second kappa shape index (κ2) is 7.92. The van der Waals surface area contributed by atoms with Gasteiger partial charge in [0.05, 0.1) is 0 Å². The van der Waals surface area contributed by atoms with Crippen molar-refractivity contribution in [3.63, 3.8) is 0 Å². The number of benzene rings is 2. The van der Waals surface area contributed by atoms with Crippen LogP contribution in [-0.2, 0) is 0 Å². The highest BCUT2D eigenvalue weighted by atomic mass is 16.1. The molecule has 0 atom stereocenters. The maximum atomic E-state index is 12.6. The molecule has 1 fully saturated rings. The number of hydrogen-bond donors (Lipinski definition) is 2. The zero-order chi connectivity index (χ0) is 18.6. The lowest BCUT2D eigenvalue weighted by Crippen LogP contribution is -2.50. The van der Waals surface area contributed by atoms with Crippen molar-refractivity contribution in [3.05, 3.63) is 60.2 Å². The summed E-state index contributed by atoms with van der Waals surface area (Å²) in [7, 11) is 0. The van der Waals surface area contributed by atoms with E-state index in [4.69, 9.17) is 0 Å². The number of anilines is 2. The van der Waals surface area contributed by atoms with Crippen LogP contribution in [-0.4, -0.2) is 35.5 Å². The van der Waals surface area contributed by atoms with Gasteiger partial charge in [-0.2, -0.15) is 0 Å². The molecule has 2 aromatic rings. The maximum absolute atomic E-state index is 12.6. The van der Waals surface area contributed by atoms with Gasteiger partial charge in [-0.15, -0.1) is 0 Å². The molecule has 0 aliphatic carbocycles. The highest BCUT2D eigenvalue weighted by Crippen LogP contribution is 2.21. The number of amides is 1. The minimum atomic E-state index is 0.0101. The van der Waals surface area contributed by atoms with E-state index in [1.165, 1.54) is 0 Å². The van der Waals surface area contributed by atoms with Crippen LogP contribution in [0.1, 0.15) is 44.0 Å². The Morgan fingerprint density at radius 3 is 2.27 bits per heavy atom.